The number of nitrogens with one attached hydrogen (secondary N) is 1. The molecule has 0 aromatic rings. The molecule has 2 unspecified atom stereocenters. The molecule has 2 rings (SSSR count). The van der Waals surface area contributed by atoms with Crippen LogP contribution in [0, 0.1) is 5.92 Å². The van der Waals surface area contributed by atoms with Gasteiger partial charge in [0.15, 0.2) is 0 Å². The average molecular weight is 180 g/mol. The highest BCUT2D eigenvalue weighted by Gasteiger charge is 2.25. The van der Waals surface area contributed by atoms with Crippen LogP contribution in [0.5, 0.6) is 0 Å². The molecule has 0 aromatic carbocycles. The molecule has 2 atom stereocenters. The molecule has 1 heterocycles. The van der Waals surface area contributed by atoms with Gasteiger partial charge in [0.25, 0.3) is 0 Å². The maximum absolute atomic E-state index is 11.5. The third kappa shape index (κ3) is 2.08. The molecule has 0 radical (unpaired) electrons. The molecular formula is C10H16N2O. The van der Waals surface area contributed by atoms with Gasteiger partial charge in [-0.15, -0.1) is 0 Å². The van der Waals surface area contributed by atoms with Crippen LogP contribution < -0.4 is 5.32 Å². The van der Waals surface area contributed by atoms with Crippen molar-refractivity contribution >= 4 is 12.1 Å². The van der Waals surface area contributed by atoms with Crippen molar-refractivity contribution in [2.75, 3.05) is 6.54 Å². The standard InChI is InChI=1S/C10H16N2O/c13-10-4-2-1-3-8(10)5-9-6-11-7-12-9/h7-9H,1-6H2,(H,11,12). The second-order valence-corrected chi connectivity index (χ2v) is 4.00. The fourth-order valence-corrected chi connectivity index (χ4v) is 2.18. The summed E-state index contributed by atoms with van der Waals surface area (Å²) >= 11 is 0. The van der Waals surface area contributed by atoms with Gasteiger partial charge in [-0.2, -0.15) is 0 Å². The topological polar surface area (TPSA) is 41.5 Å². The zero-order valence-electron chi connectivity index (χ0n) is 7.83. The molecule has 1 aliphatic heterocycles. The maximum atomic E-state index is 11.5. The van der Waals surface area contributed by atoms with Gasteiger partial charge in [-0.1, -0.05) is 6.42 Å². The van der Waals surface area contributed by atoms with E-state index in [2.05, 4.69) is 10.3 Å². The highest BCUT2D eigenvalue weighted by atomic mass is 16.1. The smallest absolute Gasteiger partial charge is 0.136 e. The SMILES string of the molecule is O=C1CCCCC1CC1CN=CN1. The van der Waals surface area contributed by atoms with Crippen LogP contribution in [0.2, 0.25) is 0 Å². The van der Waals surface area contributed by atoms with E-state index in [9.17, 15) is 4.79 Å². The fraction of sp³-hybridized carbons (Fsp3) is 0.800. The summed E-state index contributed by atoms with van der Waals surface area (Å²) in [5.74, 6) is 0.785. The zero-order valence-corrected chi connectivity index (χ0v) is 7.83. The number of ketones is 1. The van der Waals surface area contributed by atoms with Crippen LogP contribution in [0.3, 0.4) is 0 Å². The number of carbonyl (C=O) groups is 1. The van der Waals surface area contributed by atoms with E-state index >= 15 is 0 Å². The van der Waals surface area contributed by atoms with E-state index in [0.717, 1.165) is 32.2 Å². The highest BCUT2D eigenvalue weighted by molar-refractivity contribution is 5.81. The normalized spacial score (nSPS) is 33.4. The Hall–Kier alpha value is -0.860. The van der Waals surface area contributed by atoms with Crippen LogP contribution in [0.1, 0.15) is 32.1 Å². The van der Waals surface area contributed by atoms with Crippen LogP contribution in [0.25, 0.3) is 0 Å². The molecule has 0 bridgehead atoms. The summed E-state index contributed by atoms with van der Waals surface area (Å²) in [5, 5.41) is 3.18. The number of carbonyl (C=O) groups excluding carboxylic acids is 1. The molecule has 13 heavy (non-hydrogen) atoms. The number of Topliss-reactive ketones (excluding diaryl/α,β-unsaturated/α-hetero) is 1. The van der Waals surface area contributed by atoms with Crippen molar-refractivity contribution in [3.63, 3.8) is 0 Å². The summed E-state index contributed by atoms with van der Waals surface area (Å²) in [5.41, 5.74) is 0. The van der Waals surface area contributed by atoms with E-state index in [1.54, 1.807) is 6.34 Å². The lowest BCUT2D eigenvalue weighted by atomic mass is 9.84. The monoisotopic (exact) mass is 180 g/mol. The largest absolute Gasteiger partial charge is 0.372 e. The van der Waals surface area contributed by atoms with Crippen molar-refractivity contribution in [1.29, 1.82) is 0 Å². The summed E-state index contributed by atoms with van der Waals surface area (Å²) in [4.78, 5) is 15.6. The third-order valence-corrected chi connectivity index (χ3v) is 2.98. The predicted octanol–water partition coefficient (Wildman–Crippen LogP) is 1.14. The van der Waals surface area contributed by atoms with Crippen molar-refractivity contribution < 1.29 is 4.79 Å². The Kier molecular flexibility index (Phi) is 2.62. The van der Waals surface area contributed by atoms with Crippen LogP contribution in [-0.2, 0) is 4.79 Å². The summed E-state index contributed by atoms with van der Waals surface area (Å²) in [6.45, 7) is 0.851. The van der Waals surface area contributed by atoms with E-state index in [1.165, 1.54) is 6.42 Å². The number of hydrogen-bond donors (Lipinski definition) is 1. The van der Waals surface area contributed by atoms with Gasteiger partial charge in [-0.3, -0.25) is 9.79 Å². The van der Waals surface area contributed by atoms with Crippen molar-refractivity contribution in [1.82, 2.24) is 5.32 Å². The Morgan fingerprint density at radius 2 is 2.46 bits per heavy atom. The Bertz CT molecular complexity index is 217. The van der Waals surface area contributed by atoms with E-state index in [0.29, 0.717) is 17.7 Å². The van der Waals surface area contributed by atoms with Crippen LogP contribution >= 0.6 is 0 Å². The van der Waals surface area contributed by atoms with Gasteiger partial charge in [-0.05, 0) is 19.3 Å². The van der Waals surface area contributed by atoms with Crippen LogP contribution in [0.15, 0.2) is 4.99 Å². The quantitative estimate of drug-likeness (QED) is 0.692. The Morgan fingerprint density at radius 3 is 3.15 bits per heavy atom. The molecule has 1 aliphatic carbocycles. The minimum atomic E-state index is 0.313. The van der Waals surface area contributed by atoms with Gasteiger partial charge >= 0.3 is 0 Å². The number of rotatable bonds is 2. The Labute approximate surface area is 78.6 Å². The average Bonchev–Trinajstić information content (AvgIpc) is 2.61. The minimum absolute atomic E-state index is 0.313. The summed E-state index contributed by atoms with van der Waals surface area (Å²) < 4.78 is 0. The second kappa shape index (κ2) is 3.90. The summed E-state index contributed by atoms with van der Waals surface area (Å²) in [6.07, 6.45) is 6.97. The van der Waals surface area contributed by atoms with E-state index in [1.807, 2.05) is 0 Å². The minimum Gasteiger partial charge on any atom is -0.372 e. The molecule has 1 fully saturated rings. The molecule has 72 valence electrons. The molecular weight excluding hydrogens is 164 g/mol. The molecule has 1 N–H and O–H groups in total. The van der Waals surface area contributed by atoms with Gasteiger partial charge < -0.3 is 5.32 Å². The van der Waals surface area contributed by atoms with Crippen molar-refractivity contribution in [3.05, 3.63) is 0 Å². The molecule has 0 spiro atoms. The van der Waals surface area contributed by atoms with Gasteiger partial charge in [-0.25, -0.2) is 0 Å². The number of hydrogen-bond acceptors (Lipinski definition) is 3. The fourth-order valence-electron chi connectivity index (χ4n) is 2.18. The van der Waals surface area contributed by atoms with Crippen molar-refractivity contribution in [3.8, 4) is 0 Å². The highest BCUT2D eigenvalue weighted by Crippen LogP contribution is 2.24. The van der Waals surface area contributed by atoms with E-state index in [-0.39, 0.29) is 0 Å². The van der Waals surface area contributed by atoms with Crippen LogP contribution in [-0.4, -0.2) is 24.7 Å². The number of nitrogens with zero attached hydrogens (tertiary/aromatic N) is 1. The first-order valence-electron chi connectivity index (χ1n) is 5.13. The first kappa shape index (κ1) is 8.73. The summed E-state index contributed by atoms with van der Waals surface area (Å²) in [6, 6.07) is 0.423. The molecule has 0 aromatic heterocycles. The van der Waals surface area contributed by atoms with Gasteiger partial charge in [0.2, 0.25) is 0 Å². The van der Waals surface area contributed by atoms with Gasteiger partial charge in [0.1, 0.15) is 5.78 Å². The predicted molar refractivity (Wildman–Crippen MR) is 51.9 cm³/mol. The second-order valence-electron chi connectivity index (χ2n) is 4.00. The third-order valence-electron chi connectivity index (χ3n) is 2.98. The molecule has 3 nitrogen and oxygen atoms in total. The lowest BCUT2D eigenvalue weighted by Crippen LogP contribution is -2.31. The van der Waals surface area contributed by atoms with Crippen LogP contribution in [0.4, 0.5) is 0 Å². The molecule has 0 amide bonds. The zero-order chi connectivity index (χ0) is 9.10. The lowest BCUT2D eigenvalue weighted by Gasteiger charge is -2.22. The maximum Gasteiger partial charge on any atom is 0.136 e. The molecule has 0 saturated heterocycles. The number of aliphatic imine (C=N–C) groups is 1. The first-order valence-corrected chi connectivity index (χ1v) is 5.13. The Balaban J connectivity index is 1.82. The first-order chi connectivity index (χ1) is 6.36. The Morgan fingerprint density at radius 1 is 1.54 bits per heavy atom. The van der Waals surface area contributed by atoms with E-state index in [4.69, 9.17) is 0 Å². The molecule has 3 heteroatoms. The molecule has 2 aliphatic rings. The summed E-state index contributed by atoms with van der Waals surface area (Å²) in [7, 11) is 0. The van der Waals surface area contributed by atoms with E-state index < -0.39 is 0 Å². The van der Waals surface area contributed by atoms with Crippen molar-refractivity contribution in [2.45, 2.75) is 38.1 Å². The van der Waals surface area contributed by atoms with Gasteiger partial charge in [0, 0.05) is 18.4 Å². The molecule has 1 saturated carbocycles. The lowest BCUT2D eigenvalue weighted by molar-refractivity contribution is -0.124. The van der Waals surface area contributed by atoms with Crippen molar-refractivity contribution in [2.24, 2.45) is 10.9 Å². The van der Waals surface area contributed by atoms with Gasteiger partial charge in [0.05, 0.1) is 12.9 Å².